The van der Waals surface area contributed by atoms with Crippen LogP contribution in [-0.2, 0) is 5.41 Å². The third-order valence-electron chi connectivity index (χ3n) is 9.11. The number of fused-ring (bicyclic) bond motifs is 10. The van der Waals surface area contributed by atoms with Gasteiger partial charge in [-0.05, 0) is 143 Å². The topological polar surface area (TPSA) is 24.1 Å². The highest BCUT2D eigenvalue weighted by Gasteiger charge is 2.51. The normalized spacial score (nSPS) is 13.3. The van der Waals surface area contributed by atoms with Crippen LogP contribution in [0.25, 0.3) is 22.3 Å². The summed E-state index contributed by atoms with van der Waals surface area (Å²) in [5.41, 5.74) is 19.7. The summed E-state index contributed by atoms with van der Waals surface area (Å²) >= 11 is 0. The molecule has 1 spiro atoms. The maximum atomic E-state index is 3.74. The summed E-state index contributed by atoms with van der Waals surface area (Å²) in [6.45, 7) is 8.62. The molecule has 2 aliphatic carbocycles. The second-order valence-electron chi connectivity index (χ2n) is 12.4. The number of benzene rings is 6. The highest BCUT2D eigenvalue weighted by molar-refractivity contribution is 5.96. The molecule has 0 aliphatic heterocycles. The van der Waals surface area contributed by atoms with E-state index < -0.39 is 5.41 Å². The Morgan fingerprint density at radius 3 is 1.14 bits per heavy atom. The fraction of sp³-hybridized carbons (Fsp3) is 0.122. The molecule has 2 N–H and O–H groups in total. The van der Waals surface area contributed by atoms with Crippen molar-refractivity contribution in [3.8, 4) is 22.3 Å². The lowest BCUT2D eigenvalue weighted by Gasteiger charge is -2.31. The molecular weight excluding hydrogens is 520 g/mol. The molecule has 0 unspecified atom stereocenters. The Hall–Kier alpha value is -5.08. The van der Waals surface area contributed by atoms with Crippen LogP contribution in [0.1, 0.15) is 44.5 Å². The van der Waals surface area contributed by atoms with Crippen molar-refractivity contribution in [2.45, 2.75) is 33.1 Å². The van der Waals surface area contributed by atoms with E-state index in [9.17, 15) is 0 Å². The molecule has 0 amide bonds. The van der Waals surface area contributed by atoms with Crippen LogP contribution in [0, 0.1) is 27.7 Å². The van der Waals surface area contributed by atoms with Crippen LogP contribution in [0.2, 0.25) is 0 Å². The SMILES string of the molecule is Cc1cc(C)cc(Nc2ccc3c(c2)C2(c4ccccc4-c4ccccc42)c2cc(Nc4cc(C)cc(C)c4)ccc2-3)c1. The molecule has 8 rings (SSSR count). The molecule has 0 saturated heterocycles. The molecule has 43 heavy (non-hydrogen) atoms. The first-order valence-electron chi connectivity index (χ1n) is 15.1. The van der Waals surface area contributed by atoms with Crippen LogP contribution in [0.15, 0.2) is 121 Å². The number of anilines is 4. The van der Waals surface area contributed by atoms with Crippen LogP contribution in [-0.4, -0.2) is 0 Å². The van der Waals surface area contributed by atoms with Gasteiger partial charge in [0.05, 0.1) is 5.41 Å². The van der Waals surface area contributed by atoms with Crippen LogP contribution >= 0.6 is 0 Å². The number of aryl methyl sites for hydroxylation is 4. The van der Waals surface area contributed by atoms with E-state index in [0.29, 0.717) is 0 Å². The Kier molecular flexibility index (Phi) is 5.64. The lowest BCUT2D eigenvalue weighted by Crippen LogP contribution is -2.26. The Balaban J connectivity index is 1.35. The first-order chi connectivity index (χ1) is 20.9. The summed E-state index contributed by atoms with van der Waals surface area (Å²) in [7, 11) is 0. The van der Waals surface area contributed by atoms with E-state index in [0.717, 1.165) is 22.7 Å². The third-order valence-corrected chi connectivity index (χ3v) is 9.11. The van der Waals surface area contributed by atoms with Crippen molar-refractivity contribution in [1.29, 1.82) is 0 Å². The van der Waals surface area contributed by atoms with Gasteiger partial charge in [-0.25, -0.2) is 0 Å². The summed E-state index contributed by atoms with van der Waals surface area (Å²) in [6, 6.07) is 45.1. The maximum absolute atomic E-state index is 3.74. The van der Waals surface area contributed by atoms with Gasteiger partial charge in [-0.2, -0.15) is 0 Å². The Labute approximate surface area is 254 Å². The molecule has 0 fully saturated rings. The van der Waals surface area contributed by atoms with Gasteiger partial charge in [-0.3, -0.25) is 0 Å². The predicted molar refractivity (Wildman–Crippen MR) is 181 cm³/mol. The number of rotatable bonds is 4. The van der Waals surface area contributed by atoms with E-state index in [2.05, 4.69) is 160 Å². The molecule has 0 radical (unpaired) electrons. The van der Waals surface area contributed by atoms with Gasteiger partial charge in [0.2, 0.25) is 0 Å². The molecule has 0 saturated carbocycles. The largest absolute Gasteiger partial charge is 0.356 e. The Morgan fingerprint density at radius 1 is 0.349 bits per heavy atom. The minimum Gasteiger partial charge on any atom is -0.356 e. The van der Waals surface area contributed by atoms with Gasteiger partial charge in [0.25, 0.3) is 0 Å². The van der Waals surface area contributed by atoms with E-state index in [4.69, 9.17) is 0 Å². The Morgan fingerprint density at radius 2 is 0.721 bits per heavy atom. The van der Waals surface area contributed by atoms with Gasteiger partial charge >= 0.3 is 0 Å². The van der Waals surface area contributed by atoms with Crippen LogP contribution in [0.4, 0.5) is 22.7 Å². The lowest BCUT2D eigenvalue weighted by atomic mass is 9.70. The van der Waals surface area contributed by atoms with Crippen molar-refractivity contribution in [2.75, 3.05) is 10.6 Å². The van der Waals surface area contributed by atoms with Crippen molar-refractivity contribution in [3.63, 3.8) is 0 Å². The molecule has 2 aliphatic rings. The summed E-state index contributed by atoms with van der Waals surface area (Å²) in [5.74, 6) is 0. The average molecular weight is 555 g/mol. The fourth-order valence-electron chi connectivity index (χ4n) is 7.72. The van der Waals surface area contributed by atoms with Crippen LogP contribution in [0.5, 0.6) is 0 Å². The molecule has 6 aromatic carbocycles. The van der Waals surface area contributed by atoms with Crippen LogP contribution < -0.4 is 10.6 Å². The smallest absolute Gasteiger partial charge is 0.0727 e. The minimum absolute atomic E-state index is 0.404. The fourth-order valence-corrected chi connectivity index (χ4v) is 7.72. The first kappa shape index (κ1) is 25.6. The van der Waals surface area contributed by atoms with E-state index in [1.807, 2.05) is 0 Å². The van der Waals surface area contributed by atoms with Gasteiger partial charge in [-0.1, -0.05) is 72.8 Å². The monoisotopic (exact) mass is 554 g/mol. The summed E-state index contributed by atoms with van der Waals surface area (Å²) in [5, 5.41) is 7.48. The molecule has 0 aromatic heterocycles. The molecule has 0 atom stereocenters. The van der Waals surface area contributed by atoms with Gasteiger partial charge in [-0.15, -0.1) is 0 Å². The van der Waals surface area contributed by atoms with E-state index >= 15 is 0 Å². The van der Waals surface area contributed by atoms with Crippen LogP contribution in [0.3, 0.4) is 0 Å². The second-order valence-corrected chi connectivity index (χ2v) is 12.4. The van der Waals surface area contributed by atoms with E-state index in [1.54, 1.807) is 0 Å². The highest BCUT2D eigenvalue weighted by atomic mass is 14.9. The van der Waals surface area contributed by atoms with Crippen molar-refractivity contribution in [1.82, 2.24) is 0 Å². The molecule has 0 heterocycles. The number of hydrogen-bond acceptors (Lipinski definition) is 2. The second kappa shape index (κ2) is 9.47. The standard InChI is InChI=1S/C41H34N2/c1-25-17-26(2)20-31(19-25)42-29-13-15-35-36-16-14-30(43-32-21-27(3)18-28(4)22-32)24-40(36)41(39(35)23-29)37-11-7-5-9-33(37)34-10-6-8-12-38(34)41/h5-24,42-43H,1-4H3. The molecule has 6 aromatic rings. The number of hydrogen-bond donors (Lipinski definition) is 2. The van der Waals surface area contributed by atoms with Gasteiger partial charge < -0.3 is 10.6 Å². The van der Waals surface area contributed by atoms with Crippen molar-refractivity contribution in [2.24, 2.45) is 0 Å². The first-order valence-corrected chi connectivity index (χ1v) is 15.1. The third kappa shape index (κ3) is 3.94. The van der Waals surface area contributed by atoms with Crippen molar-refractivity contribution < 1.29 is 0 Å². The highest BCUT2D eigenvalue weighted by Crippen LogP contribution is 2.63. The van der Waals surface area contributed by atoms with Gasteiger partial charge in [0.15, 0.2) is 0 Å². The zero-order valence-corrected chi connectivity index (χ0v) is 25.0. The average Bonchev–Trinajstić information content (AvgIpc) is 3.43. The number of nitrogens with one attached hydrogen (secondary N) is 2. The van der Waals surface area contributed by atoms with Gasteiger partial charge in [0.1, 0.15) is 0 Å². The predicted octanol–water partition coefficient (Wildman–Crippen LogP) is 10.8. The summed E-state index contributed by atoms with van der Waals surface area (Å²) in [6.07, 6.45) is 0. The van der Waals surface area contributed by atoms with Crippen molar-refractivity contribution >= 4 is 22.7 Å². The Bertz CT molecular complexity index is 1890. The quantitative estimate of drug-likeness (QED) is 0.226. The zero-order valence-electron chi connectivity index (χ0n) is 25.0. The summed E-state index contributed by atoms with van der Waals surface area (Å²) in [4.78, 5) is 0. The molecule has 2 nitrogen and oxygen atoms in total. The molecule has 0 bridgehead atoms. The minimum atomic E-state index is -0.404. The molecule has 2 heteroatoms. The van der Waals surface area contributed by atoms with E-state index in [-0.39, 0.29) is 0 Å². The summed E-state index contributed by atoms with van der Waals surface area (Å²) < 4.78 is 0. The zero-order chi connectivity index (χ0) is 29.3. The lowest BCUT2D eigenvalue weighted by molar-refractivity contribution is 0.794. The van der Waals surface area contributed by atoms with E-state index in [1.165, 1.54) is 66.8 Å². The van der Waals surface area contributed by atoms with Crippen molar-refractivity contribution in [3.05, 3.63) is 166 Å². The van der Waals surface area contributed by atoms with Gasteiger partial charge in [0, 0.05) is 22.7 Å². The molecule has 208 valence electrons. The maximum Gasteiger partial charge on any atom is 0.0727 e. The molecular formula is C41H34N2.